The van der Waals surface area contributed by atoms with Crippen molar-refractivity contribution in [3.63, 3.8) is 0 Å². The van der Waals surface area contributed by atoms with Crippen molar-refractivity contribution in [2.75, 3.05) is 38.4 Å². The summed E-state index contributed by atoms with van der Waals surface area (Å²) in [5.74, 6) is -1.22. The van der Waals surface area contributed by atoms with Crippen LogP contribution in [-0.4, -0.2) is 61.3 Å². The lowest BCUT2D eigenvalue weighted by atomic mass is 10.3. The van der Waals surface area contributed by atoms with Crippen molar-refractivity contribution in [1.82, 2.24) is 5.32 Å². The van der Waals surface area contributed by atoms with E-state index in [1.807, 2.05) is 6.26 Å². The van der Waals surface area contributed by atoms with E-state index in [1.165, 1.54) is 11.8 Å². The van der Waals surface area contributed by atoms with Crippen LogP contribution in [0.3, 0.4) is 0 Å². The third-order valence-corrected chi connectivity index (χ3v) is 2.43. The van der Waals surface area contributed by atoms with Crippen LogP contribution in [0, 0.1) is 0 Å². The zero-order valence-electron chi connectivity index (χ0n) is 10.8. The highest BCUT2D eigenvalue weighted by Gasteiger charge is 2.06. The number of carboxylic acid groups (broad SMARTS) is 1. The first kappa shape index (κ1) is 24.7. The first-order valence-corrected chi connectivity index (χ1v) is 7.16. The largest absolute Gasteiger partial charge is 0.481 e. The van der Waals surface area contributed by atoms with Gasteiger partial charge in [-0.05, 0) is 6.26 Å². The summed E-state index contributed by atoms with van der Waals surface area (Å²) < 4.78 is 9.86. The molecule has 0 aromatic heterocycles. The van der Waals surface area contributed by atoms with Crippen LogP contribution in [0.5, 0.6) is 0 Å². The highest BCUT2D eigenvalue weighted by molar-refractivity contribution is 7.99. The van der Waals surface area contributed by atoms with Crippen LogP contribution < -0.4 is 5.32 Å². The number of carboxylic acids is 1. The fourth-order valence-electron chi connectivity index (χ4n) is 1.04. The molecule has 0 spiro atoms. The maximum atomic E-state index is 11.0. The molecular weight excluding hydrogens is 298 g/mol. The fourth-order valence-corrected chi connectivity index (χ4v) is 1.41. The molecule has 0 heterocycles. The van der Waals surface area contributed by atoms with E-state index < -0.39 is 11.9 Å². The number of aliphatic carboxylic acids is 1. The molecule has 0 aromatic rings. The average molecular weight is 325 g/mol. The van der Waals surface area contributed by atoms with Gasteiger partial charge in [0.25, 0.3) is 0 Å². The summed E-state index contributed by atoms with van der Waals surface area (Å²) in [6, 6.07) is 0. The molecule has 0 aromatic carbocycles. The van der Waals surface area contributed by atoms with Crippen LogP contribution in [0.25, 0.3) is 0 Å². The van der Waals surface area contributed by atoms with Gasteiger partial charge in [0.1, 0.15) is 6.61 Å². The monoisotopic (exact) mass is 325 g/mol. The second-order valence-electron chi connectivity index (χ2n) is 3.51. The van der Waals surface area contributed by atoms with Gasteiger partial charge >= 0.3 is 11.9 Å². The second kappa shape index (κ2) is 16.8. The molecule has 2 N–H and O–H groups in total. The molecule has 0 aliphatic rings. The molecule has 7 nitrogen and oxygen atoms in total. The van der Waals surface area contributed by atoms with E-state index in [-0.39, 0.29) is 46.8 Å². The van der Waals surface area contributed by atoms with Gasteiger partial charge in [0.15, 0.2) is 0 Å². The van der Waals surface area contributed by atoms with Crippen LogP contribution in [0.4, 0.5) is 0 Å². The first-order valence-electron chi connectivity index (χ1n) is 5.77. The summed E-state index contributed by atoms with van der Waals surface area (Å²) >= 11 is 1.44. The molecule has 0 bridgehead atoms. The Hall–Kier alpha value is -1.28. The van der Waals surface area contributed by atoms with Gasteiger partial charge in [0, 0.05) is 6.54 Å². The van der Waals surface area contributed by atoms with Gasteiger partial charge < -0.3 is 19.9 Å². The van der Waals surface area contributed by atoms with Crippen LogP contribution in [0.1, 0.15) is 27.7 Å². The lowest BCUT2D eigenvalue weighted by Gasteiger charge is -2.06. The lowest BCUT2D eigenvalue weighted by Crippen LogP contribution is -2.29. The number of thioether (sulfide) groups is 1. The van der Waals surface area contributed by atoms with Gasteiger partial charge in [-0.2, -0.15) is 11.8 Å². The third kappa shape index (κ3) is 18.7. The number of hydrogen-bond donors (Lipinski definition) is 2. The number of carbonyl (C=O) groups is 3. The number of rotatable bonds is 11. The predicted octanol–water partition coefficient (Wildman–Crippen LogP) is 1.16. The molecule has 0 unspecified atom stereocenters. The zero-order chi connectivity index (χ0) is 14.5. The predicted molar refractivity (Wildman–Crippen MR) is 83.5 cm³/mol. The normalized spacial score (nSPS) is 9.00. The topological polar surface area (TPSA) is 102 Å². The minimum absolute atomic E-state index is 0. The number of esters is 1. The SMILES string of the molecule is C.C.CSCC(=O)NCCOCCOC(=O)CCC(=O)O. The second-order valence-corrected chi connectivity index (χ2v) is 4.38. The van der Waals surface area contributed by atoms with Crippen molar-refractivity contribution >= 4 is 29.6 Å². The van der Waals surface area contributed by atoms with Gasteiger partial charge in [-0.25, -0.2) is 0 Å². The average Bonchev–Trinajstić information content (AvgIpc) is 2.35. The van der Waals surface area contributed by atoms with Gasteiger partial charge in [-0.15, -0.1) is 0 Å². The lowest BCUT2D eigenvalue weighted by molar-refractivity contribution is -0.148. The molecule has 126 valence electrons. The molecule has 8 heteroatoms. The molecule has 21 heavy (non-hydrogen) atoms. The van der Waals surface area contributed by atoms with E-state index in [0.717, 1.165) is 0 Å². The summed E-state index contributed by atoms with van der Waals surface area (Å²) in [7, 11) is 0. The summed E-state index contributed by atoms with van der Waals surface area (Å²) in [4.78, 5) is 32.2. The molecule has 0 radical (unpaired) electrons. The number of ether oxygens (including phenoxy) is 2. The Balaban J connectivity index is -0.00000162. The zero-order valence-corrected chi connectivity index (χ0v) is 11.7. The Labute approximate surface area is 130 Å². The van der Waals surface area contributed by atoms with Crippen molar-refractivity contribution in [2.45, 2.75) is 27.7 Å². The van der Waals surface area contributed by atoms with Crippen molar-refractivity contribution in [3.05, 3.63) is 0 Å². The van der Waals surface area contributed by atoms with Gasteiger partial charge in [-0.1, -0.05) is 14.9 Å². The first-order chi connectivity index (χ1) is 9.06. The number of nitrogens with one attached hydrogen (secondary N) is 1. The van der Waals surface area contributed by atoms with E-state index in [2.05, 4.69) is 5.32 Å². The highest BCUT2D eigenvalue weighted by atomic mass is 32.2. The Morgan fingerprint density at radius 2 is 1.76 bits per heavy atom. The van der Waals surface area contributed by atoms with Gasteiger partial charge in [0.2, 0.25) is 5.91 Å². The van der Waals surface area contributed by atoms with E-state index in [9.17, 15) is 14.4 Å². The molecule has 0 rings (SSSR count). The molecule has 0 saturated heterocycles. The van der Waals surface area contributed by atoms with E-state index in [4.69, 9.17) is 14.6 Å². The summed E-state index contributed by atoms with van der Waals surface area (Å²) in [5.41, 5.74) is 0. The van der Waals surface area contributed by atoms with Crippen molar-refractivity contribution in [3.8, 4) is 0 Å². The van der Waals surface area contributed by atoms with Crippen molar-refractivity contribution in [1.29, 1.82) is 0 Å². The molecular formula is C13H27NO6S. The van der Waals surface area contributed by atoms with E-state index >= 15 is 0 Å². The van der Waals surface area contributed by atoms with E-state index in [0.29, 0.717) is 18.9 Å². The van der Waals surface area contributed by atoms with Gasteiger partial charge in [-0.3, -0.25) is 14.4 Å². The molecule has 0 aliphatic carbocycles. The Bertz CT molecular complexity index is 298. The molecule has 0 saturated carbocycles. The molecule has 0 fully saturated rings. The number of carbonyl (C=O) groups excluding carboxylic acids is 2. The maximum Gasteiger partial charge on any atom is 0.306 e. The van der Waals surface area contributed by atoms with Gasteiger partial charge in [0.05, 0.1) is 31.8 Å². The number of amides is 1. The summed E-state index contributed by atoms with van der Waals surface area (Å²) in [6.45, 7) is 1.05. The van der Waals surface area contributed by atoms with Crippen LogP contribution >= 0.6 is 11.8 Å². The minimum Gasteiger partial charge on any atom is -0.481 e. The van der Waals surface area contributed by atoms with Crippen molar-refractivity contribution < 1.29 is 29.0 Å². The van der Waals surface area contributed by atoms with Crippen LogP contribution in [-0.2, 0) is 23.9 Å². The fraction of sp³-hybridized carbons (Fsp3) is 0.769. The molecule has 0 atom stereocenters. The van der Waals surface area contributed by atoms with E-state index in [1.54, 1.807) is 0 Å². The quantitative estimate of drug-likeness (QED) is 0.434. The Morgan fingerprint density at radius 1 is 1.10 bits per heavy atom. The van der Waals surface area contributed by atoms with Crippen molar-refractivity contribution in [2.24, 2.45) is 0 Å². The number of hydrogen-bond acceptors (Lipinski definition) is 6. The highest BCUT2D eigenvalue weighted by Crippen LogP contribution is 1.93. The summed E-state index contributed by atoms with van der Waals surface area (Å²) in [5, 5.41) is 11.0. The van der Waals surface area contributed by atoms with Crippen LogP contribution in [0.15, 0.2) is 0 Å². The smallest absolute Gasteiger partial charge is 0.306 e. The Morgan fingerprint density at radius 3 is 2.33 bits per heavy atom. The third-order valence-electron chi connectivity index (χ3n) is 1.88. The Kier molecular flexibility index (Phi) is 19.7. The summed E-state index contributed by atoms with van der Waals surface area (Å²) in [6.07, 6.45) is 1.47. The molecule has 1 amide bonds. The maximum absolute atomic E-state index is 11.0. The standard InChI is InChI=1S/C11H19NO6S.2CH4/c1-19-8-9(13)12-4-5-17-6-7-18-11(16)3-2-10(14)15;;/h2-8H2,1H3,(H,12,13)(H,14,15);2*1H4. The van der Waals surface area contributed by atoms with Crippen LogP contribution in [0.2, 0.25) is 0 Å². The minimum atomic E-state index is -1.03. The molecule has 0 aliphatic heterocycles.